The molecule has 2 aromatic rings. The van der Waals surface area contributed by atoms with Crippen molar-refractivity contribution in [3.8, 4) is 0 Å². The van der Waals surface area contributed by atoms with E-state index in [-0.39, 0.29) is 11.9 Å². The predicted molar refractivity (Wildman–Crippen MR) is 80.8 cm³/mol. The number of imide groups is 1. The van der Waals surface area contributed by atoms with Crippen molar-refractivity contribution in [2.75, 3.05) is 7.05 Å². The Kier molecular flexibility index (Phi) is 5.32. The van der Waals surface area contributed by atoms with Crippen molar-refractivity contribution in [3.63, 3.8) is 0 Å². The maximum atomic E-state index is 12.4. The van der Waals surface area contributed by atoms with Gasteiger partial charge in [0.25, 0.3) is 5.91 Å². The lowest BCUT2D eigenvalue weighted by Crippen LogP contribution is -2.88. The minimum atomic E-state index is -0.543. The lowest BCUT2D eigenvalue weighted by atomic mass is 10.0. The summed E-state index contributed by atoms with van der Waals surface area (Å²) in [4.78, 5) is 23.8. The molecule has 0 aliphatic rings. The lowest BCUT2D eigenvalue weighted by Gasteiger charge is -2.18. The number of nitrogens with one attached hydrogen (secondary N) is 2. The van der Waals surface area contributed by atoms with Gasteiger partial charge in [-0.2, -0.15) is 0 Å². The third kappa shape index (κ3) is 3.95. The number of urea groups is 1. The van der Waals surface area contributed by atoms with Crippen LogP contribution in [0.15, 0.2) is 53.1 Å². The normalized spacial score (nSPS) is 13.2. The van der Waals surface area contributed by atoms with Crippen molar-refractivity contribution in [1.82, 2.24) is 10.6 Å². The van der Waals surface area contributed by atoms with Gasteiger partial charge in [0.2, 0.25) is 0 Å². The highest BCUT2D eigenvalue weighted by atomic mass is 16.3. The third-order valence-corrected chi connectivity index (χ3v) is 3.38. The predicted octanol–water partition coefficient (Wildman–Crippen LogP) is 1.10. The number of hydrogen-bond donors (Lipinski definition) is 3. The largest absolute Gasteiger partial charge is 0.463 e. The topological polar surface area (TPSA) is 88.0 Å². The van der Waals surface area contributed by atoms with Crippen LogP contribution in [0, 0.1) is 0 Å². The number of carbonyl (C=O) groups excluding carboxylic acids is 2. The Morgan fingerprint density at radius 3 is 2.45 bits per heavy atom. The molecule has 116 valence electrons. The fourth-order valence-electron chi connectivity index (χ4n) is 2.20. The summed E-state index contributed by atoms with van der Waals surface area (Å²) >= 11 is 0. The van der Waals surface area contributed by atoms with E-state index >= 15 is 0 Å². The van der Waals surface area contributed by atoms with Gasteiger partial charge in [-0.1, -0.05) is 30.3 Å². The van der Waals surface area contributed by atoms with Gasteiger partial charge in [-0.05, 0) is 19.1 Å². The van der Waals surface area contributed by atoms with Gasteiger partial charge in [-0.15, -0.1) is 0 Å². The van der Waals surface area contributed by atoms with Gasteiger partial charge < -0.3 is 15.1 Å². The fraction of sp³-hybridized carbons (Fsp3) is 0.250. The Balaban J connectivity index is 2.18. The first kappa shape index (κ1) is 15.8. The Bertz CT molecular complexity index is 611. The maximum Gasteiger partial charge on any atom is 0.321 e. The first-order valence-corrected chi connectivity index (χ1v) is 7.07. The van der Waals surface area contributed by atoms with E-state index in [0.29, 0.717) is 0 Å². The number of benzene rings is 1. The molecule has 0 bridgehead atoms. The van der Waals surface area contributed by atoms with E-state index in [2.05, 4.69) is 10.6 Å². The van der Waals surface area contributed by atoms with Gasteiger partial charge in [0.1, 0.15) is 6.04 Å². The summed E-state index contributed by atoms with van der Waals surface area (Å²) in [7, 11) is 1.47. The molecule has 1 aromatic carbocycles. The third-order valence-electron chi connectivity index (χ3n) is 3.38. The monoisotopic (exact) mass is 302 g/mol. The highest BCUT2D eigenvalue weighted by Crippen LogP contribution is 2.13. The molecule has 1 heterocycles. The van der Waals surface area contributed by atoms with E-state index in [4.69, 9.17) is 4.42 Å². The molecule has 0 spiro atoms. The minimum Gasteiger partial charge on any atom is -0.463 e. The summed E-state index contributed by atoms with van der Waals surface area (Å²) in [6.07, 6.45) is 1.60. The molecule has 6 heteroatoms. The molecule has 0 unspecified atom stereocenters. The van der Waals surface area contributed by atoms with Gasteiger partial charge in [-0.25, -0.2) is 4.79 Å². The number of rotatable bonds is 5. The second-order valence-electron chi connectivity index (χ2n) is 4.95. The first-order valence-electron chi connectivity index (χ1n) is 7.07. The average Bonchev–Trinajstić information content (AvgIpc) is 3.07. The molecule has 22 heavy (non-hydrogen) atoms. The average molecular weight is 302 g/mol. The second-order valence-corrected chi connectivity index (χ2v) is 4.95. The SMILES string of the molecule is CNC(=O)NC(=O)[C@@H]([NH2+][C@H](C)c1ccco1)c1ccccc1. The standard InChI is InChI=1S/C16H19N3O3/c1-11(13-9-6-10-22-13)18-14(12-7-4-3-5-8-12)15(20)19-16(21)17-2/h3-11,14,18H,1-2H3,(H2,17,19,20,21)/p+1/t11-,14+/m1/s1. The van der Waals surface area contributed by atoms with Crippen molar-refractivity contribution in [3.05, 3.63) is 60.1 Å². The van der Waals surface area contributed by atoms with Crippen LogP contribution in [-0.2, 0) is 4.79 Å². The van der Waals surface area contributed by atoms with Gasteiger partial charge >= 0.3 is 6.03 Å². The molecule has 0 saturated heterocycles. The molecular weight excluding hydrogens is 282 g/mol. The molecule has 2 atom stereocenters. The van der Waals surface area contributed by atoms with Crippen LogP contribution in [0.25, 0.3) is 0 Å². The van der Waals surface area contributed by atoms with E-state index in [1.54, 1.807) is 6.26 Å². The summed E-state index contributed by atoms with van der Waals surface area (Å²) in [5, 5.41) is 6.58. The van der Waals surface area contributed by atoms with Crippen molar-refractivity contribution in [2.24, 2.45) is 0 Å². The quantitative estimate of drug-likeness (QED) is 0.773. The van der Waals surface area contributed by atoms with Crippen molar-refractivity contribution in [1.29, 1.82) is 0 Å². The summed E-state index contributed by atoms with van der Waals surface area (Å²) in [6.45, 7) is 1.95. The summed E-state index contributed by atoms with van der Waals surface area (Å²) in [6, 6.07) is 11.9. The van der Waals surface area contributed by atoms with Gasteiger partial charge in [0, 0.05) is 12.6 Å². The van der Waals surface area contributed by atoms with Gasteiger partial charge in [0.05, 0.1) is 6.26 Å². The summed E-state index contributed by atoms with van der Waals surface area (Å²) < 4.78 is 5.37. The van der Waals surface area contributed by atoms with Crippen LogP contribution < -0.4 is 16.0 Å². The second kappa shape index (κ2) is 7.42. The van der Waals surface area contributed by atoms with E-state index in [1.807, 2.05) is 54.7 Å². The molecule has 3 amide bonds. The van der Waals surface area contributed by atoms with Gasteiger partial charge in [0.15, 0.2) is 11.8 Å². The molecule has 0 radical (unpaired) electrons. The number of nitrogens with two attached hydrogens (primary N) is 1. The zero-order valence-corrected chi connectivity index (χ0v) is 12.6. The number of furan rings is 1. The number of hydrogen-bond acceptors (Lipinski definition) is 3. The smallest absolute Gasteiger partial charge is 0.321 e. The molecule has 0 aliphatic heterocycles. The molecular formula is C16H20N3O3+. The van der Waals surface area contributed by atoms with Crippen molar-refractivity contribution >= 4 is 11.9 Å². The Morgan fingerprint density at radius 2 is 1.86 bits per heavy atom. The Morgan fingerprint density at radius 1 is 1.14 bits per heavy atom. The highest BCUT2D eigenvalue weighted by Gasteiger charge is 2.28. The Hall–Kier alpha value is -2.60. The van der Waals surface area contributed by atoms with Gasteiger partial charge in [-0.3, -0.25) is 10.1 Å². The van der Waals surface area contributed by atoms with Crippen LogP contribution in [0.3, 0.4) is 0 Å². The zero-order chi connectivity index (χ0) is 15.9. The molecule has 0 saturated carbocycles. The maximum absolute atomic E-state index is 12.4. The molecule has 4 N–H and O–H groups in total. The summed E-state index contributed by atoms with van der Waals surface area (Å²) in [5.74, 6) is 0.401. The van der Waals surface area contributed by atoms with E-state index in [1.165, 1.54) is 7.05 Å². The summed E-state index contributed by atoms with van der Waals surface area (Å²) in [5.41, 5.74) is 0.822. The van der Waals surface area contributed by atoms with Crippen LogP contribution in [0.1, 0.15) is 30.3 Å². The fourth-order valence-corrected chi connectivity index (χ4v) is 2.20. The van der Waals surface area contributed by atoms with Crippen LogP contribution >= 0.6 is 0 Å². The number of quaternary nitrogens is 1. The van der Waals surface area contributed by atoms with Crippen LogP contribution in [-0.4, -0.2) is 19.0 Å². The van der Waals surface area contributed by atoms with Crippen LogP contribution in [0.5, 0.6) is 0 Å². The molecule has 6 nitrogen and oxygen atoms in total. The number of amides is 3. The molecule has 2 rings (SSSR count). The van der Waals surface area contributed by atoms with Crippen LogP contribution in [0.4, 0.5) is 4.79 Å². The van der Waals surface area contributed by atoms with E-state index < -0.39 is 12.1 Å². The van der Waals surface area contributed by atoms with E-state index in [0.717, 1.165) is 11.3 Å². The van der Waals surface area contributed by atoms with Crippen molar-refractivity contribution < 1.29 is 19.3 Å². The van der Waals surface area contributed by atoms with Crippen LogP contribution in [0.2, 0.25) is 0 Å². The number of carbonyl (C=O) groups is 2. The molecule has 0 aliphatic carbocycles. The first-order chi connectivity index (χ1) is 10.6. The zero-order valence-electron chi connectivity index (χ0n) is 12.6. The Labute approximate surface area is 128 Å². The minimum absolute atomic E-state index is 0.0596. The van der Waals surface area contributed by atoms with Crippen molar-refractivity contribution in [2.45, 2.75) is 19.0 Å². The molecule has 0 fully saturated rings. The lowest BCUT2D eigenvalue weighted by molar-refractivity contribution is -0.720. The molecule has 1 aromatic heterocycles. The highest BCUT2D eigenvalue weighted by molar-refractivity contribution is 5.96. The van der Waals surface area contributed by atoms with E-state index in [9.17, 15) is 9.59 Å².